The van der Waals surface area contributed by atoms with Gasteiger partial charge in [-0.2, -0.15) is 0 Å². The van der Waals surface area contributed by atoms with Gasteiger partial charge >= 0.3 is 0 Å². The van der Waals surface area contributed by atoms with E-state index in [9.17, 15) is 0 Å². The molecule has 1 rings (SSSR count). The van der Waals surface area contributed by atoms with Gasteiger partial charge in [-0.15, -0.1) is 0 Å². The average Bonchev–Trinajstić information content (AvgIpc) is 2.15. The molecular formula is C11H24N2. The van der Waals surface area contributed by atoms with Crippen LogP contribution in [0.4, 0.5) is 0 Å². The summed E-state index contributed by atoms with van der Waals surface area (Å²) >= 11 is 0. The summed E-state index contributed by atoms with van der Waals surface area (Å²) in [5, 5.41) is 0. The molecule has 0 saturated heterocycles. The first-order valence-corrected chi connectivity index (χ1v) is 5.57. The van der Waals surface area contributed by atoms with Gasteiger partial charge in [0, 0.05) is 18.6 Å². The number of likely N-dealkylation sites (N-methyl/N-ethyl adjacent to an activating group) is 1. The topological polar surface area (TPSA) is 29.3 Å². The van der Waals surface area contributed by atoms with Crippen molar-refractivity contribution >= 4 is 0 Å². The van der Waals surface area contributed by atoms with Gasteiger partial charge in [-0.05, 0) is 32.7 Å². The van der Waals surface area contributed by atoms with E-state index in [1.165, 1.54) is 25.7 Å². The van der Waals surface area contributed by atoms with Gasteiger partial charge < -0.3 is 5.73 Å². The summed E-state index contributed by atoms with van der Waals surface area (Å²) in [4.78, 5) is 2.47. The highest BCUT2D eigenvalue weighted by Crippen LogP contribution is 2.27. The van der Waals surface area contributed by atoms with Crippen molar-refractivity contribution in [2.75, 3.05) is 13.6 Å². The highest BCUT2D eigenvalue weighted by Gasteiger charge is 2.24. The van der Waals surface area contributed by atoms with E-state index in [4.69, 9.17) is 5.73 Å². The Labute approximate surface area is 82.5 Å². The Balaban J connectivity index is 2.41. The van der Waals surface area contributed by atoms with Crippen LogP contribution in [0.3, 0.4) is 0 Å². The molecule has 78 valence electrons. The lowest BCUT2D eigenvalue weighted by Gasteiger charge is -2.37. The maximum Gasteiger partial charge on any atom is 0.0190 e. The third-order valence-corrected chi connectivity index (χ3v) is 3.52. The van der Waals surface area contributed by atoms with E-state index in [1.54, 1.807) is 0 Å². The highest BCUT2D eigenvalue weighted by atomic mass is 15.2. The molecule has 2 unspecified atom stereocenters. The lowest BCUT2D eigenvalue weighted by atomic mass is 9.86. The zero-order valence-corrected chi connectivity index (χ0v) is 9.29. The Morgan fingerprint density at radius 1 is 1.46 bits per heavy atom. The zero-order valence-electron chi connectivity index (χ0n) is 9.29. The van der Waals surface area contributed by atoms with Crippen LogP contribution >= 0.6 is 0 Å². The van der Waals surface area contributed by atoms with Crippen LogP contribution in [-0.4, -0.2) is 30.6 Å². The molecule has 0 spiro atoms. The molecule has 0 bridgehead atoms. The van der Waals surface area contributed by atoms with E-state index in [-0.39, 0.29) is 0 Å². The van der Waals surface area contributed by atoms with Gasteiger partial charge in [-0.25, -0.2) is 0 Å². The third-order valence-electron chi connectivity index (χ3n) is 3.52. The van der Waals surface area contributed by atoms with Crippen LogP contribution < -0.4 is 5.73 Å². The molecule has 0 amide bonds. The molecule has 0 radical (unpaired) electrons. The Morgan fingerprint density at radius 2 is 2.15 bits per heavy atom. The van der Waals surface area contributed by atoms with Crippen molar-refractivity contribution in [3.8, 4) is 0 Å². The fourth-order valence-electron chi connectivity index (χ4n) is 2.30. The molecule has 2 N–H and O–H groups in total. The lowest BCUT2D eigenvalue weighted by Crippen LogP contribution is -2.44. The van der Waals surface area contributed by atoms with Crippen LogP contribution in [0.15, 0.2) is 0 Å². The van der Waals surface area contributed by atoms with E-state index in [0.717, 1.165) is 18.5 Å². The molecule has 0 aliphatic heterocycles. The Bertz CT molecular complexity index is 147. The highest BCUT2D eigenvalue weighted by molar-refractivity contribution is 4.80. The molecule has 1 fully saturated rings. The second-order valence-corrected chi connectivity index (χ2v) is 4.68. The third kappa shape index (κ3) is 2.96. The molecule has 2 nitrogen and oxygen atoms in total. The summed E-state index contributed by atoms with van der Waals surface area (Å²) in [6.07, 6.45) is 5.54. The molecule has 1 aliphatic rings. The van der Waals surface area contributed by atoms with Crippen LogP contribution in [-0.2, 0) is 0 Å². The smallest absolute Gasteiger partial charge is 0.0190 e. The molecule has 0 heterocycles. The summed E-state index contributed by atoms with van der Waals surface area (Å²) in [6.45, 7) is 5.37. The fourth-order valence-corrected chi connectivity index (χ4v) is 2.30. The van der Waals surface area contributed by atoms with Gasteiger partial charge in [0.1, 0.15) is 0 Å². The number of nitrogens with zero attached hydrogens (tertiary/aromatic N) is 1. The molecular weight excluding hydrogens is 160 g/mol. The van der Waals surface area contributed by atoms with Crippen molar-refractivity contribution in [3.63, 3.8) is 0 Å². The van der Waals surface area contributed by atoms with Gasteiger partial charge in [-0.3, -0.25) is 4.90 Å². The van der Waals surface area contributed by atoms with E-state index in [0.29, 0.717) is 6.04 Å². The van der Waals surface area contributed by atoms with E-state index in [1.807, 2.05) is 0 Å². The van der Waals surface area contributed by atoms with Gasteiger partial charge in [0.15, 0.2) is 0 Å². The summed E-state index contributed by atoms with van der Waals surface area (Å²) < 4.78 is 0. The SMILES string of the molecule is CC1CCCC(N(C)[C@@H](C)CN)C1. The number of nitrogens with two attached hydrogens (primary N) is 1. The molecule has 2 heteroatoms. The number of rotatable bonds is 3. The second-order valence-electron chi connectivity index (χ2n) is 4.68. The van der Waals surface area contributed by atoms with Crippen molar-refractivity contribution in [2.45, 2.75) is 51.6 Å². The minimum atomic E-state index is 0.537. The molecule has 3 atom stereocenters. The average molecular weight is 184 g/mol. The summed E-state index contributed by atoms with van der Waals surface area (Å²) in [5.74, 6) is 0.908. The summed E-state index contributed by atoms with van der Waals surface area (Å²) in [6, 6.07) is 1.32. The maximum atomic E-state index is 5.67. The fraction of sp³-hybridized carbons (Fsp3) is 1.00. The predicted molar refractivity (Wildman–Crippen MR) is 57.7 cm³/mol. The predicted octanol–water partition coefficient (Wildman–Crippen LogP) is 1.84. The van der Waals surface area contributed by atoms with Gasteiger partial charge in [0.05, 0.1) is 0 Å². The minimum Gasteiger partial charge on any atom is -0.329 e. The quantitative estimate of drug-likeness (QED) is 0.725. The van der Waals surface area contributed by atoms with Crippen molar-refractivity contribution in [3.05, 3.63) is 0 Å². The zero-order chi connectivity index (χ0) is 9.84. The van der Waals surface area contributed by atoms with Crippen molar-refractivity contribution in [1.29, 1.82) is 0 Å². The minimum absolute atomic E-state index is 0.537. The molecule has 0 aromatic heterocycles. The van der Waals surface area contributed by atoms with Gasteiger partial charge in [0.2, 0.25) is 0 Å². The number of hydrogen-bond donors (Lipinski definition) is 1. The summed E-state index contributed by atoms with van der Waals surface area (Å²) in [7, 11) is 2.22. The van der Waals surface area contributed by atoms with Crippen molar-refractivity contribution in [1.82, 2.24) is 4.90 Å². The first kappa shape index (κ1) is 11.0. The van der Waals surface area contributed by atoms with Crippen LogP contribution in [0.5, 0.6) is 0 Å². The van der Waals surface area contributed by atoms with Gasteiger partial charge in [-0.1, -0.05) is 19.8 Å². The molecule has 1 saturated carbocycles. The van der Waals surface area contributed by atoms with E-state index in [2.05, 4.69) is 25.8 Å². The molecule has 0 aromatic carbocycles. The molecule has 13 heavy (non-hydrogen) atoms. The van der Waals surface area contributed by atoms with Gasteiger partial charge in [0.25, 0.3) is 0 Å². The summed E-state index contributed by atoms with van der Waals surface area (Å²) in [5.41, 5.74) is 5.67. The van der Waals surface area contributed by atoms with Crippen LogP contribution in [0.25, 0.3) is 0 Å². The van der Waals surface area contributed by atoms with Crippen molar-refractivity contribution in [2.24, 2.45) is 11.7 Å². The monoisotopic (exact) mass is 184 g/mol. The largest absolute Gasteiger partial charge is 0.329 e. The second kappa shape index (κ2) is 4.97. The Hall–Kier alpha value is -0.0800. The molecule has 1 aliphatic carbocycles. The normalized spacial score (nSPS) is 32.1. The van der Waals surface area contributed by atoms with Crippen LogP contribution in [0, 0.1) is 5.92 Å². The lowest BCUT2D eigenvalue weighted by molar-refractivity contribution is 0.129. The van der Waals surface area contributed by atoms with E-state index >= 15 is 0 Å². The number of hydrogen-bond acceptors (Lipinski definition) is 2. The van der Waals surface area contributed by atoms with Crippen molar-refractivity contribution < 1.29 is 0 Å². The maximum absolute atomic E-state index is 5.67. The standard InChI is InChI=1S/C11H24N2/c1-9-5-4-6-11(7-9)13(3)10(2)8-12/h9-11H,4-8,12H2,1-3H3/t9?,10-,11?/m0/s1. The Morgan fingerprint density at radius 3 is 2.69 bits per heavy atom. The first-order valence-electron chi connectivity index (χ1n) is 5.57. The Kier molecular flexibility index (Phi) is 4.20. The van der Waals surface area contributed by atoms with Crippen LogP contribution in [0.1, 0.15) is 39.5 Å². The molecule has 0 aromatic rings. The van der Waals surface area contributed by atoms with Crippen LogP contribution in [0.2, 0.25) is 0 Å². The first-order chi connectivity index (χ1) is 6.15. The van der Waals surface area contributed by atoms with E-state index < -0.39 is 0 Å².